The number of nitrogens with zero attached hydrogens (tertiary/aromatic N) is 2. The van der Waals surface area contributed by atoms with Crippen molar-refractivity contribution in [2.75, 3.05) is 43.0 Å². The van der Waals surface area contributed by atoms with Gasteiger partial charge in [0.25, 0.3) is 0 Å². The Balaban J connectivity index is 2.43. The molecule has 1 aliphatic rings. The first kappa shape index (κ1) is 14.2. The fourth-order valence-corrected chi connectivity index (χ4v) is 2.90. The third kappa shape index (κ3) is 3.03. The number of hydrogen-bond acceptors (Lipinski definition) is 3. The average Bonchev–Trinajstić information content (AvgIpc) is 2.56. The molecule has 2 N–H and O–H groups in total. The first-order valence-corrected chi connectivity index (χ1v) is 7.44. The summed E-state index contributed by atoms with van der Waals surface area (Å²) in [7, 11) is 2.20. The van der Waals surface area contributed by atoms with E-state index in [4.69, 9.17) is 5.73 Å². The van der Waals surface area contributed by atoms with E-state index in [1.54, 1.807) is 0 Å². The maximum atomic E-state index is 5.69. The fourth-order valence-electron chi connectivity index (χ4n) is 2.90. The van der Waals surface area contributed by atoms with Crippen LogP contribution in [0.2, 0.25) is 0 Å². The summed E-state index contributed by atoms with van der Waals surface area (Å²) in [4.78, 5) is 4.94. The molecule has 0 unspecified atom stereocenters. The average molecular weight is 261 g/mol. The monoisotopic (exact) mass is 261 g/mol. The highest BCUT2D eigenvalue weighted by Crippen LogP contribution is 2.38. The lowest BCUT2D eigenvalue weighted by Crippen LogP contribution is -2.27. The Morgan fingerprint density at radius 1 is 1.26 bits per heavy atom. The summed E-state index contributed by atoms with van der Waals surface area (Å²) < 4.78 is 0. The molecule has 0 aliphatic carbocycles. The molecule has 3 nitrogen and oxygen atoms in total. The Morgan fingerprint density at radius 2 is 2.05 bits per heavy atom. The van der Waals surface area contributed by atoms with Gasteiger partial charge >= 0.3 is 0 Å². The lowest BCUT2D eigenvalue weighted by Gasteiger charge is -2.29. The molecule has 1 aromatic rings. The van der Waals surface area contributed by atoms with Crippen molar-refractivity contribution in [2.24, 2.45) is 5.73 Å². The van der Waals surface area contributed by atoms with E-state index in [9.17, 15) is 0 Å². The number of para-hydroxylation sites is 1. The summed E-state index contributed by atoms with van der Waals surface area (Å²) in [6, 6.07) is 6.72. The molecule has 0 aromatic heterocycles. The quantitative estimate of drug-likeness (QED) is 0.904. The van der Waals surface area contributed by atoms with Crippen molar-refractivity contribution in [1.82, 2.24) is 0 Å². The number of fused-ring (bicyclic) bond motifs is 1. The Kier molecular flexibility index (Phi) is 4.70. The zero-order valence-electron chi connectivity index (χ0n) is 12.5. The van der Waals surface area contributed by atoms with Gasteiger partial charge in [-0.05, 0) is 36.9 Å². The van der Waals surface area contributed by atoms with Crippen molar-refractivity contribution < 1.29 is 0 Å². The Hall–Kier alpha value is -1.22. The zero-order chi connectivity index (χ0) is 13.8. The Labute approximate surface area is 117 Å². The molecule has 0 spiro atoms. The molecule has 3 heteroatoms. The normalized spacial score (nSPS) is 15.6. The third-order valence-corrected chi connectivity index (χ3v) is 3.95. The van der Waals surface area contributed by atoms with Gasteiger partial charge in [0.15, 0.2) is 0 Å². The van der Waals surface area contributed by atoms with Crippen molar-refractivity contribution in [3.63, 3.8) is 0 Å². The summed E-state index contributed by atoms with van der Waals surface area (Å²) in [5, 5.41) is 0. The maximum Gasteiger partial charge on any atom is 0.0639 e. The molecule has 1 heterocycles. The molecule has 106 valence electrons. The summed E-state index contributed by atoms with van der Waals surface area (Å²) >= 11 is 0. The molecule has 19 heavy (non-hydrogen) atoms. The lowest BCUT2D eigenvalue weighted by atomic mass is 9.98. The van der Waals surface area contributed by atoms with Gasteiger partial charge in [-0.3, -0.25) is 0 Å². The van der Waals surface area contributed by atoms with E-state index in [0.717, 1.165) is 32.6 Å². The lowest BCUT2D eigenvalue weighted by molar-refractivity contribution is 0.705. The molecule has 1 aromatic carbocycles. The van der Waals surface area contributed by atoms with Gasteiger partial charge in [0.05, 0.1) is 11.4 Å². The van der Waals surface area contributed by atoms with Crippen LogP contribution in [0.4, 0.5) is 11.4 Å². The molecule has 1 aliphatic heterocycles. The van der Waals surface area contributed by atoms with Crippen LogP contribution < -0.4 is 15.5 Å². The van der Waals surface area contributed by atoms with Crippen molar-refractivity contribution in [1.29, 1.82) is 0 Å². The van der Waals surface area contributed by atoms with Crippen LogP contribution in [0.3, 0.4) is 0 Å². The van der Waals surface area contributed by atoms with Crippen LogP contribution in [0, 0.1) is 0 Å². The minimum atomic E-state index is 0.557. The largest absolute Gasteiger partial charge is 0.373 e. The van der Waals surface area contributed by atoms with Crippen LogP contribution in [0.5, 0.6) is 0 Å². The van der Waals surface area contributed by atoms with Gasteiger partial charge in [-0.2, -0.15) is 0 Å². The van der Waals surface area contributed by atoms with E-state index in [1.807, 2.05) is 0 Å². The number of anilines is 2. The molecule has 0 radical (unpaired) electrons. The molecular weight excluding hydrogens is 234 g/mol. The van der Waals surface area contributed by atoms with Gasteiger partial charge in [0, 0.05) is 26.7 Å². The van der Waals surface area contributed by atoms with Crippen molar-refractivity contribution in [3.05, 3.63) is 23.8 Å². The first-order chi connectivity index (χ1) is 9.15. The van der Waals surface area contributed by atoms with E-state index < -0.39 is 0 Å². The van der Waals surface area contributed by atoms with Crippen molar-refractivity contribution >= 4 is 11.4 Å². The summed E-state index contributed by atoms with van der Waals surface area (Å²) in [5.74, 6) is 0.557. The zero-order valence-corrected chi connectivity index (χ0v) is 12.5. The van der Waals surface area contributed by atoms with E-state index >= 15 is 0 Å². The highest BCUT2D eigenvalue weighted by atomic mass is 15.2. The minimum Gasteiger partial charge on any atom is -0.373 e. The molecule has 2 rings (SSSR count). The number of nitrogens with two attached hydrogens (primary N) is 1. The number of rotatable bonds is 4. The smallest absolute Gasteiger partial charge is 0.0639 e. The van der Waals surface area contributed by atoms with Gasteiger partial charge < -0.3 is 15.5 Å². The standard InChI is InChI=1S/C16H27N3/c1-13(2)14-7-4-8-15-16(14)19(11-5-9-17)12-6-10-18(15)3/h4,7-8,13H,5-6,9-12,17H2,1-3H3. The Bertz CT molecular complexity index is 414. The predicted molar refractivity (Wildman–Crippen MR) is 84.3 cm³/mol. The molecular formula is C16H27N3. The molecule has 0 saturated heterocycles. The van der Waals surface area contributed by atoms with Gasteiger partial charge in [-0.15, -0.1) is 0 Å². The van der Waals surface area contributed by atoms with Crippen LogP contribution in [0.15, 0.2) is 18.2 Å². The molecule has 0 bridgehead atoms. The summed E-state index contributed by atoms with van der Waals surface area (Å²) in [6.07, 6.45) is 2.28. The topological polar surface area (TPSA) is 32.5 Å². The highest BCUT2D eigenvalue weighted by Gasteiger charge is 2.22. The van der Waals surface area contributed by atoms with E-state index in [0.29, 0.717) is 5.92 Å². The highest BCUT2D eigenvalue weighted by molar-refractivity contribution is 5.76. The number of benzene rings is 1. The van der Waals surface area contributed by atoms with Gasteiger partial charge in [-0.1, -0.05) is 26.0 Å². The van der Waals surface area contributed by atoms with Crippen LogP contribution in [-0.4, -0.2) is 33.2 Å². The maximum absolute atomic E-state index is 5.69. The summed E-state index contributed by atoms with van der Waals surface area (Å²) in [6.45, 7) is 8.67. The van der Waals surface area contributed by atoms with Gasteiger partial charge in [0.2, 0.25) is 0 Å². The molecule has 0 atom stereocenters. The molecule has 0 fully saturated rings. The molecule has 0 saturated carbocycles. The fraction of sp³-hybridized carbons (Fsp3) is 0.625. The molecule has 0 amide bonds. The van der Waals surface area contributed by atoms with Crippen LogP contribution in [-0.2, 0) is 0 Å². The van der Waals surface area contributed by atoms with Gasteiger partial charge in [0.1, 0.15) is 0 Å². The van der Waals surface area contributed by atoms with Crippen LogP contribution in [0.1, 0.15) is 38.2 Å². The van der Waals surface area contributed by atoms with E-state index in [2.05, 4.69) is 48.9 Å². The van der Waals surface area contributed by atoms with Crippen molar-refractivity contribution in [3.8, 4) is 0 Å². The van der Waals surface area contributed by atoms with Crippen molar-refractivity contribution in [2.45, 2.75) is 32.6 Å². The minimum absolute atomic E-state index is 0.557. The van der Waals surface area contributed by atoms with Crippen LogP contribution >= 0.6 is 0 Å². The number of hydrogen-bond donors (Lipinski definition) is 1. The SMILES string of the molecule is CC(C)c1cccc2c1N(CCCN)CCCN2C. The van der Waals surface area contributed by atoms with E-state index in [1.165, 1.54) is 23.4 Å². The van der Waals surface area contributed by atoms with E-state index in [-0.39, 0.29) is 0 Å². The second-order valence-corrected chi connectivity index (χ2v) is 5.77. The second-order valence-electron chi connectivity index (χ2n) is 5.77. The summed E-state index contributed by atoms with van der Waals surface area (Å²) in [5.41, 5.74) is 9.97. The Morgan fingerprint density at radius 3 is 2.74 bits per heavy atom. The predicted octanol–water partition coefficient (Wildman–Crippen LogP) is 2.81. The third-order valence-electron chi connectivity index (χ3n) is 3.95. The van der Waals surface area contributed by atoms with Gasteiger partial charge in [-0.25, -0.2) is 0 Å². The second kappa shape index (κ2) is 6.29. The van der Waals surface area contributed by atoms with Crippen LogP contribution in [0.25, 0.3) is 0 Å². The first-order valence-electron chi connectivity index (χ1n) is 7.44.